The van der Waals surface area contributed by atoms with E-state index in [0.29, 0.717) is 0 Å². The van der Waals surface area contributed by atoms with Gasteiger partial charge in [-0.15, -0.1) is 0 Å². The zero-order chi connectivity index (χ0) is 38.7. The fourth-order valence-electron chi connectivity index (χ4n) is 11.0. The highest BCUT2D eigenvalue weighted by Crippen LogP contribution is 2.48. The minimum Gasteiger partial charge on any atom is -0.455 e. The van der Waals surface area contributed by atoms with Crippen LogP contribution in [0.5, 0.6) is 0 Å². The molecule has 2 nitrogen and oxygen atoms in total. The maximum Gasteiger partial charge on any atom is 0.143 e. The molecule has 2 aliphatic rings. The van der Waals surface area contributed by atoms with Crippen molar-refractivity contribution in [2.24, 2.45) is 0 Å². The van der Waals surface area contributed by atoms with E-state index in [2.05, 4.69) is 184 Å². The molecule has 4 heteroatoms. The van der Waals surface area contributed by atoms with Crippen molar-refractivity contribution in [1.29, 1.82) is 0 Å². The zero-order valence-electron chi connectivity index (χ0n) is 32.8. The van der Waals surface area contributed by atoms with Crippen molar-refractivity contribution < 1.29 is 8.83 Å². The lowest BCUT2D eigenvalue weighted by molar-refractivity contribution is 0.670. The summed E-state index contributed by atoms with van der Waals surface area (Å²) in [6.07, 6.45) is 0. The predicted octanol–water partition coefficient (Wildman–Crippen LogP) is 12.7. The highest BCUT2D eigenvalue weighted by atomic mass is 28.3. The molecule has 0 unspecified atom stereocenters. The van der Waals surface area contributed by atoms with E-state index in [1.54, 1.807) is 0 Å². The molecule has 274 valence electrons. The Kier molecular flexibility index (Phi) is 6.26. The first kappa shape index (κ1) is 32.6. The molecule has 0 aliphatic carbocycles. The van der Waals surface area contributed by atoms with Crippen LogP contribution in [-0.4, -0.2) is 16.1 Å². The molecule has 4 heterocycles. The second-order valence-corrected chi connectivity index (χ2v) is 26.2. The average molecular weight is 775 g/mol. The van der Waals surface area contributed by atoms with Crippen LogP contribution < -0.4 is 20.7 Å². The van der Waals surface area contributed by atoms with Crippen LogP contribution >= 0.6 is 0 Å². The maximum atomic E-state index is 7.06. The molecule has 0 bridgehead atoms. The van der Waals surface area contributed by atoms with Gasteiger partial charge in [-0.25, -0.2) is 0 Å². The Hall–Kier alpha value is -6.47. The summed E-state index contributed by atoms with van der Waals surface area (Å²) >= 11 is 0. The first-order chi connectivity index (χ1) is 28.3. The molecular formula is C54H38O2Si2. The van der Waals surface area contributed by atoms with E-state index in [9.17, 15) is 0 Å². The second kappa shape index (κ2) is 11.1. The van der Waals surface area contributed by atoms with Gasteiger partial charge in [0.2, 0.25) is 0 Å². The normalized spacial score (nSPS) is 14.8. The van der Waals surface area contributed by atoms with Crippen molar-refractivity contribution in [1.82, 2.24) is 0 Å². The van der Waals surface area contributed by atoms with Gasteiger partial charge in [0.15, 0.2) is 0 Å². The van der Waals surface area contributed by atoms with Gasteiger partial charge >= 0.3 is 0 Å². The third kappa shape index (κ3) is 4.06. The second-order valence-electron chi connectivity index (χ2n) is 17.5. The summed E-state index contributed by atoms with van der Waals surface area (Å²) in [7, 11) is -4.52. The van der Waals surface area contributed by atoms with Crippen molar-refractivity contribution in [2.75, 3.05) is 0 Å². The number of hydrogen-bond donors (Lipinski definition) is 0. The van der Waals surface area contributed by atoms with Crippen LogP contribution in [-0.2, 0) is 0 Å². The topological polar surface area (TPSA) is 26.3 Å². The van der Waals surface area contributed by atoms with Crippen molar-refractivity contribution in [2.45, 2.75) is 26.2 Å². The van der Waals surface area contributed by atoms with Crippen molar-refractivity contribution in [3.63, 3.8) is 0 Å². The molecule has 0 amide bonds. The fourth-order valence-corrected chi connectivity index (χ4v) is 17.1. The van der Waals surface area contributed by atoms with Crippen LogP contribution in [0.2, 0.25) is 26.2 Å². The number of rotatable bonds is 2. The van der Waals surface area contributed by atoms with Gasteiger partial charge < -0.3 is 8.83 Å². The van der Waals surface area contributed by atoms with Gasteiger partial charge in [-0.3, -0.25) is 0 Å². The van der Waals surface area contributed by atoms with Gasteiger partial charge in [0.25, 0.3) is 0 Å². The summed E-state index contributed by atoms with van der Waals surface area (Å²) in [6.45, 7) is 10.2. The molecule has 9 aromatic carbocycles. The lowest BCUT2D eigenvalue weighted by atomic mass is 9.90. The van der Waals surface area contributed by atoms with E-state index in [-0.39, 0.29) is 0 Å². The molecule has 2 aromatic heterocycles. The van der Waals surface area contributed by atoms with Gasteiger partial charge in [0.05, 0.1) is 0 Å². The van der Waals surface area contributed by atoms with Crippen LogP contribution in [0.3, 0.4) is 0 Å². The maximum absolute atomic E-state index is 7.06. The Morgan fingerprint density at radius 2 is 0.690 bits per heavy atom. The van der Waals surface area contributed by atoms with E-state index >= 15 is 0 Å². The van der Waals surface area contributed by atoms with Crippen LogP contribution in [0.25, 0.3) is 110 Å². The summed E-state index contributed by atoms with van der Waals surface area (Å²) in [5.41, 5.74) is 14.3. The van der Waals surface area contributed by atoms with E-state index in [1.807, 2.05) is 0 Å². The Bertz CT molecular complexity index is 3380. The average Bonchev–Trinajstić information content (AvgIpc) is 3.95. The van der Waals surface area contributed by atoms with E-state index in [4.69, 9.17) is 8.83 Å². The molecule has 11 aromatic rings. The molecule has 0 saturated carbocycles. The van der Waals surface area contributed by atoms with Crippen LogP contribution in [0, 0.1) is 0 Å². The van der Waals surface area contributed by atoms with Gasteiger partial charge in [-0.2, -0.15) is 0 Å². The van der Waals surface area contributed by atoms with Crippen LogP contribution in [0.4, 0.5) is 0 Å². The van der Waals surface area contributed by atoms with Gasteiger partial charge in [-0.1, -0.05) is 172 Å². The minimum absolute atomic E-state index is 0.942. The van der Waals surface area contributed by atoms with Gasteiger partial charge in [-0.05, 0) is 87.8 Å². The number of furan rings is 2. The first-order valence-electron chi connectivity index (χ1n) is 20.4. The lowest BCUT2D eigenvalue weighted by Crippen LogP contribution is -2.51. The van der Waals surface area contributed by atoms with Gasteiger partial charge in [0.1, 0.15) is 38.5 Å². The highest BCUT2D eigenvalue weighted by molar-refractivity contribution is 7.06. The third-order valence-electron chi connectivity index (χ3n) is 13.8. The summed E-state index contributed by atoms with van der Waals surface area (Å²) in [5.74, 6) is 0. The largest absolute Gasteiger partial charge is 0.455 e. The number of benzene rings is 9. The fraction of sp³-hybridized carbons (Fsp3) is 0.0741. The molecule has 0 saturated heterocycles. The lowest BCUT2D eigenvalue weighted by Gasteiger charge is -2.22. The minimum atomic E-state index is -2.26. The molecule has 13 rings (SSSR count). The molecule has 0 fully saturated rings. The van der Waals surface area contributed by atoms with Crippen molar-refractivity contribution >= 4 is 102 Å². The Labute approximate surface area is 338 Å². The standard InChI is InChI=1S/C54H38O2Si2/c1-57(2)45-29-42-46(30-41(45)51-47(57)27-39(35-23-13-17-31-15-5-7-19-33(31)35)49-37-21-9-11-25-43(37)55-53(49)51)58(3,4)48-28-40(36-24-14-18-32-16-6-8-20-34(32)36)50-38-22-10-12-26-44(38)56-54(50)52(42)48/h5-30H,1-4H3. The quantitative estimate of drug-likeness (QED) is 0.164. The highest BCUT2D eigenvalue weighted by Gasteiger charge is 2.46. The molecule has 0 N–H and O–H groups in total. The SMILES string of the molecule is C[Si]1(C)c2cc3c(cc2-c2c1cc(-c1cccc4ccccc14)c1c2oc2ccccc21)[Si](C)(C)c1cc(-c2cccc4ccccc24)c2c(oc4ccccc42)c1-3. The van der Waals surface area contributed by atoms with Gasteiger partial charge in [0, 0.05) is 32.7 Å². The first-order valence-corrected chi connectivity index (χ1v) is 26.4. The van der Waals surface area contributed by atoms with E-state index in [1.165, 1.54) is 108 Å². The Balaban J connectivity index is 1.12. The molecule has 0 atom stereocenters. The summed E-state index contributed by atoms with van der Waals surface area (Å²) in [6, 6.07) is 58.6. The van der Waals surface area contributed by atoms with Crippen molar-refractivity contribution in [3.05, 3.63) is 158 Å². The summed E-state index contributed by atoms with van der Waals surface area (Å²) in [5, 5.41) is 15.7. The number of para-hydroxylation sites is 2. The van der Waals surface area contributed by atoms with Crippen molar-refractivity contribution in [3.8, 4) is 44.5 Å². The summed E-state index contributed by atoms with van der Waals surface area (Å²) < 4.78 is 14.1. The monoisotopic (exact) mass is 774 g/mol. The predicted molar refractivity (Wildman–Crippen MR) is 251 cm³/mol. The van der Waals surface area contributed by atoms with E-state index in [0.717, 1.165) is 22.3 Å². The smallest absolute Gasteiger partial charge is 0.143 e. The molecule has 0 spiro atoms. The molecule has 2 aliphatic heterocycles. The molecule has 0 radical (unpaired) electrons. The Morgan fingerprint density at radius 3 is 1.14 bits per heavy atom. The number of hydrogen-bond acceptors (Lipinski definition) is 2. The van der Waals surface area contributed by atoms with Crippen LogP contribution in [0.1, 0.15) is 0 Å². The molecule has 58 heavy (non-hydrogen) atoms. The Morgan fingerprint density at radius 1 is 0.328 bits per heavy atom. The summed E-state index contributed by atoms with van der Waals surface area (Å²) in [4.78, 5) is 0. The number of fused-ring (bicyclic) bond motifs is 16. The van der Waals surface area contributed by atoms with Crippen LogP contribution in [0.15, 0.2) is 167 Å². The van der Waals surface area contributed by atoms with E-state index < -0.39 is 16.1 Å². The third-order valence-corrected chi connectivity index (χ3v) is 20.9. The molecular weight excluding hydrogens is 737 g/mol. The zero-order valence-corrected chi connectivity index (χ0v) is 34.8.